The molecular formula is C19H20N2O2. The van der Waals surface area contributed by atoms with Crippen LogP contribution in [0.1, 0.15) is 59.2 Å². The topological polar surface area (TPSA) is 62.8 Å². The van der Waals surface area contributed by atoms with Crippen LogP contribution in [-0.4, -0.2) is 15.8 Å². The second-order valence-electron chi connectivity index (χ2n) is 6.24. The highest BCUT2D eigenvalue weighted by atomic mass is 16.1. The van der Waals surface area contributed by atoms with Crippen molar-refractivity contribution in [3.05, 3.63) is 68.4 Å². The number of aryl methyl sites for hydroxylation is 2. The maximum atomic E-state index is 12.4. The van der Waals surface area contributed by atoms with Crippen LogP contribution in [0.4, 0.5) is 0 Å². The molecule has 1 heterocycles. The summed E-state index contributed by atoms with van der Waals surface area (Å²) in [5, 5.41) is 0. The van der Waals surface area contributed by atoms with Crippen molar-refractivity contribution in [2.24, 2.45) is 0 Å². The highest BCUT2D eigenvalue weighted by molar-refractivity contribution is 5.92. The third kappa shape index (κ3) is 3.02. The lowest BCUT2D eigenvalue weighted by Gasteiger charge is -2.08. The first kappa shape index (κ1) is 15.4. The number of nitrogens with zero attached hydrogens (tertiary/aromatic N) is 1. The van der Waals surface area contributed by atoms with Crippen LogP contribution < -0.4 is 5.56 Å². The van der Waals surface area contributed by atoms with Crippen molar-refractivity contribution in [3.8, 4) is 0 Å². The van der Waals surface area contributed by atoms with Crippen LogP contribution in [0.25, 0.3) is 6.08 Å². The van der Waals surface area contributed by atoms with E-state index in [0.29, 0.717) is 24.1 Å². The van der Waals surface area contributed by atoms with Crippen LogP contribution in [0.2, 0.25) is 0 Å². The van der Waals surface area contributed by atoms with Gasteiger partial charge in [0.15, 0.2) is 11.6 Å². The van der Waals surface area contributed by atoms with Gasteiger partial charge in [-0.05, 0) is 31.9 Å². The van der Waals surface area contributed by atoms with Crippen molar-refractivity contribution in [1.82, 2.24) is 9.97 Å². The van der Waals surface area contributed by atoms with Gasteiger partial charge in [-0.3, -0.25) is 9.59 Å². The molecule has 1 aliphatic rings. The van der Waals surface area contributed by atoms with Gasteiger partial charge in [-0.25, -0.2) is 4.98 Å². The molecule has 0 amide bonds. The minimum Gasteiger partial charge on any atom is -0.304 e. The van der Waals surface area contributed by atoms with Crippen molar-refractivity contribution in [3.63, 3.8) is 0 Å². The zero-order chi connectivity index (χ0) is 16.6. The quantitative estimate of drug-likeness (QED) is 0.880. The summed E-state index contributed by atoms with van der Waals surface area (Å²) in [7, 11) is 0. The van der Waals surface area contributed by atoms with E-state index in [9.17, 15) is 9.59 Å². The third-order valence-electron chi connectivity index (χ3n) is 4.44. The van der Waals surface area contributed by atoms with Crippen LogP contribution in [0.3, 0.4) is 0 Å². The Morgan fingerprint density at radius 1 is 1.30 bits per heavy atom. The summed E-state index contributed by atoms with van der Waals surface area (Å²) in [6.45, 7) is 6.01. The molecule has 1 aromatic heterocycles. The lowest BCUT2D eigenvalue weighted by atomic mass is 10.0. The average Bonchev–Trinajstić information content (AvgIpc) is 2.81. The Labute approximate surface area is 135 Å². The Morgan fingerprint density at radius 2 is 2.09 bits per heavy atom. The smallest absolute Gasteiger partial charge is 0.258 e. The molecule has 4 heteroatoms. The number of H-pyrrole nitrogens is 1. The second kappa shape index (κ2) is 5.95. The molecule has 0 bridgehead atoms. The normalized spacial score (nSPS) is 16.1. The molecule has 0 fully saturated rings. The fourth-order valence-electron chi connectivity index (χ4n) is 2.91. The summed E-state index contributed by atoms with van der Waals surface area (Å²) in [6.07, 6.45) is 2.84. The molecular weight excluding hydrogens is 288 g/mol. The zero-order valence-electron chi connectivity index (χ0n) is 13.6. The summed E-state index contributed by atoms with van der Waals surface area (Å²) in [5.41, 5.74) is 4.47. The van der Waals surface area contributed by atoms with E-state index in [1.54, 1.807) is 0 Å². The fourth-order valence-corrected chi connectivity index (χ4v) is 2.91. The zero-order valence-corrected chi connectivity index (χ0v) is 13.6. The Balaban J connectivity index is 1.79. The molecule has 0 saturated carbocycles. The van der Waals surface area contributed by atoms with E-state index >= 15 is 0 Å². The number of hydrogen-bond donors (Lipinski definition) is 1. The number of ketones is 1. The summed E-state index contributed by atoms with van der Waals surface area (Å²) in [5.74, 6) is 0.148. The number of aromatic amines is 1. The maximum Gasteiger partial charge on any atom is 0.258 e. The van der Waals surface area contributed by atoms with Crippen molar-refractivity contribution in [2.75, 3.05) is 0 Å². The lowest BCUT2D eigenvalue weighted by Crippen LogP contribution is -2.20. The average molecular weight is 308 g/mol. The number of aromatic nitrogens is 2. The Hall–Kier alpha value is -2.49. The summed E-state index contributed by atoms with van der Waals surface area (Å²) >= 11 is 0. The minimum atomic E-state index is -0.224. The van der Waals surface area contributed by atoms with Crippen molar-refractivity contribution in [1.29, 1.82) is 0 Å². The van der Waals surface area contributed by atoms with Crippen LogP contribution in [0.5, 0.6) is 0 Å². The predicted octanol–water partition coefficient (Wildman–Crippen LogP) is 3.41. The van der Waals surface area contributed by atoms with Crippen LogP contribution in [0, 0.1) is 6.92 Å². The monoisotopic (exact) mass is 308 g/mol. The molecule has 0 spiro atoms. The van der Waals surface area contributed by atoms with Gasteiger partial charge in [0.05, 0.1) is 11.3 Å². The van der Waals surface area contributed by atoms with E-state index in [-0.39, 0.29) is 23.1 Å². The molecule has 0 saturated heterocycles. The van der Waals surface area contributed by atoms with Gasteiger partial charge in [0, 0.05) is 12.3 Å². The maximum absolute atomic E-state index is 12.4. The Bertz CT molecular complexity index is 862. The minimum absolute atomic E-state index is 0.0932. The van der Waals surface area contributed by atoms with Gasteiger partial charge in [-0.1, -0.05) is 42.3 Å². The SMILES string of the molecule is CC1=Cc2c(nc(C(=O)CCc3cccc(C)c3)[nH]c2=O)C1C. The first-order valence-corrected chi connectivity index (χ1v) is 7.87. The van der Waals surface area contributed by atoms with E-state index in [2.05, 4.69) is 16.0 Å². The Kier molecular flexibility index (Phi) is 3.99. The van der Waals surface area contributed by atoms with Crippen LogP contribution in [-0.2, 0) is 6.42 Å². The standard InChI is InChI=1S/C19H20N2O2/c1-11-5-4-6-14(9-11)7-8-16(22)18-20-17-13(3)12(2)10-15(17)19(23)21-18/h4-6,9-10,13H,7-8H2,1-3H3,(H,20,21,23). The van der Waals surface area contributed by atoms with E-state index in [0.717, 1.165) is 11.1 Å². The predicted molar refractivity (Wildman–Crippen MR) is 90.8 cm³/mol. The summed E-state index contributed by atoms with van der Waals surface area (Å²) in [6, 6.07) is 8.10. The highest BCUT2D eigenvalue weighted by Gasteiger charge is 2.24. The molecule has 0 aliphatic heterocycles. The van der Waals surface area contributed by atoms with Gasteiger partial charge in [0.2, 0.25) is 0 Å². The third-order valence-corrected chi connectivity index (χ3v) is 4.44. The number of Topliss-reactive ketones (excluding diaryl/α,β-unsaturated/α-hetero) is 1. The molecule has 1 N–H and O–H groups in total. The second-order valence-corrected chi connectivity index (χ2v) is 6.24. The van der Waals surface area contributed by atoms with Gasteiger partial charge in [0.1, 0.15) is 0 Å². The molecule has 4 nitrogen and oxygen atoms in total. The van der Waals surface area contributed by atoms with Crippen molar-refractivity contribution < 1.29 is 4.79 Å². The number of fused-ring (bicyclic) bond motifs is 1. The van der Waals surface area contributed by atoms with Gasteiger partial charge in [-0.15, -0.1) is 0 Å². The molecule has 1 unspecified atom stereocenters. The largest absolute Gasteiger partial charge is 0.304 e. The van der Waals surface area contributed by atoms with E-state index in [1.807, 2.05) is 45.0 Å². The van der Waals surface area contributed by atoms with Gasteiger partial charge in [-0.2, -0.15) is 0 Å². The number of nitrogens with one attached hydrogen (secondary N) is 1. The number of allylic oxidation sites excluding steroid dienone is 1. The van der Waals surface area contributed by atoms with Gasteiger partial charge in [0.25, 0.3) is 5.56 Å². The van der Waals surface area contributed by atoms with Crippen molar-refractivity contribution in [2.45, 2.75) is 39.5 Å². The van der Waals surface area contributed by atoms with Crippen LogP contribution >= 0.6 is 0 Å². The highest BCUT2D eigenvalue weighted by Crippen LogP contribution is 2.31. The summed E-state index contributed by atoms with van der Waals surface area (Å²) in [4.78, 5) is 31.6. The molecule has 1 atom stereocenters. The molecule has 1 aromatic carbocycles. The number of carbonyl (C=O) groups is 1. The summed E-state index contributed by atoms with van der Waals surface area (Å²) < 4.78 is 0. The molecule has 2 aromatic rings. The number of hydrogen-bond acceptors (Lipinski definition) is 3. The Morgan fingerprint density at radius 3 is 2.83 bits per heavy atom. The molecule has 3 rings (SSSR count). The van der Waals surface area contributed by atoms with Gasteiger partial charge < -0.3 is 4.98 Å². The van der Waals surface area contributed by atoms with Crippen molar-refractivity contribution >= 4 is 11.9 Å². The molecule has 0 radical (unpaired) electrons. The number of carbonyl (C=O) groups excluding carboxylic acids is 1. The molecule has 1 aliphatic carbocycles. The first-order valence-electron chi connectivity index (χ1n) is 7.87. The molecule has 118 valence electrons. The number of benzene rings is 1. The molecule has 23 heavy (non-hydrogen) atoms. The number of rotatable bonds is 4. The van der Waals surface area contributed by atoms with E-state index in [4.69, 9.17) is 0 Å². The van der Waals surface area contributed by atoms with E-state index < -0.39 is 0 Å². The van der Waals surface area contributed by atoms with Crippen LogP contribution in [0.15, 0.2) is 34.6 Å². The van der Waals surface area contributed by atoms with Gasteiger partial charge >= 0.3 is 0 Å². The first-order chi connectivity index (χ1) is 11.0. The lowest BCUT2D eigenvalue weighted by molar-refractivity contribution is 0.0972. The van der Waals surface area contributed by atoms with E-state index in [1.165, 1.54) is 5.56 Å². The fraction of sp³-hybridized carbons (Fsp3) is 0.316.